The molecule has 3 rings (SSSR count). The molecule has 2 heterocycles. The van der Waals surface area contributed by atoms with Crippen molar-refractivity contribution in [3.63, 3.8) is 0 Å². The van der Waals surface area contributed by atoms with Gasteiger partial charge >= 0.3 is 6.18 Å². The lowest BCUT2D eigenvalue weighted by Crippen LogP contribution is -2.14. The number of benzene rings is 1. The highest BCUT2D eigenvalue weighted by atomic mass is 19.4. The second-order valence-electron chi connectivity index (χ2n) is 6.23. The lowest BCUT2D eigenvalue weighted by atomic mass is 10.1. The van der Waals surface area contributed by atoms with Gasteiger partial charge < -0.3 is 5.32 Å². The first-order valence-electron chi connectivity index (χ1n) is 8.16. The largest absolute Gasteiger partial charge is 0.416 e. The summed E-state index contributed by atoms with van der Waals surface area (Å²) < 4.78 is 41.7. The lowest BCUT2D eigenvalue weighted by molar-refractivity contribution is -0.137. The molecule has 142 valence electrons. The zero-order chi connectivity index (χ0) is 19.8. The first-order chi connectivity index (χ1) is 12.6. The number of hydrogen-bond donors (Lipinski definition) is 1. The summed E-state index contributed by atoms with van der Waals surface area (Å²) in [6.07, 6.45) is -2.74. The van der Waals surface area contributed by atoms with Crippen LogP contribution in [0.2, 0.25) is 0 Å². The Morgan fingerprint density at radius 2 is 1.93 bits per heavy atom. The third kappa shape index (κ3) is 4.02. The van der Waals surface area contributed by atoms with E-state index in [9.17, 15) is 18.0 Å². The van der Waals surface area contributed by atoms with Crippen molar-refractivity contribution in [1.82, 2.24) is 19.6 Å². The summed E-state index contributed by atoms with van der Waals surface area (Å²) in [5.41, 5.74) is 1.78. The maximum atomic E-state index is 12.9. The van der Waals surface area contributed by atoms with Crippen molar-refractivity contribution in [2.24, 2.45) is 7.05 Å². The molecular formula is C18H18F3N5O. The van der Waals surface area contributed by atoms with Crippen LogP contribution in [0.15, 0.2) is 36.5 Å². The summed E-state index contributed by atoms with van der Waals surface area (Å²) in [7, 11) is 1.71. The average Bonchev–Trinajstić information content (AvgIpc) is 3.13. The number of nitrogens with one attached hydrogen (secondary N) is 1. The molecule has 27 heavy (non-hydrogen) atoms. The van der Waals surface area contributed by atoms with E-state index in [1.54, 1.807) is 43.9 Å². The number of aryl methyl sites for hydroxylation is 2. The quantitative estimate of drug-likeness (QED) is 0.756. The molecule has 1 aromatic carbocycles. The molecule has 0 aliphatic heterocycles. The molecule has 0 unspecified atom stereocenters. The molecule has 0 aliphatic rings. The number of rotatable bonds is 4. The fraction of sp³-hybridized carbons (Fsp3) is 0.278. The second-order valence-corrected chi connectivity index (χ2v) is 6.23. The normalized spacial score (nSPS) is 11.6. The monoisotopic (exact) mass is 377 g/mol. The van der Waals surface area contributed by atoms with E-state index in [4.69, 9.17) is 0 Å². The average molecular weight is 377 g/mol. The van der Waals surface area contributed by atoms with Gasteiger partial charge in [0.1, 0.15) is 0 Å². The zero-order valence-corrected chi connectivity index (χ0v) is 15.0. The number of aromatic nitrogens is 4. The van der Waals surface area contributed by atoms with E-state index < -0.39 is 11.7 Å². The molecule has 1 N–H and O–H groups in total. The number of nitrogens with zero attached hydrogens (tertiary/aromatic N) is 4. The van der Waals surface area contributed by atoms with E-state index in [0.29, 0.717) is 22.6 Å². The van der Waals surface area contributed by atoms with Gasteiger partial charge in [0.15, 0.2) is 5.69 Å². The van der Waals surface area contributed by atoms with Gasteiger partial charge in [0, 0.05) is 13.2 Å². The number of halogens is 3. The molecule has 1 amide bonds. The summed E-state index contributed by atoms with van der Waals surface area (Å²) in [6.45, 7) is 3.64. The third-order valence-electron chi connectivity index (χ3n) is 4.15. The topological polar surface area (TPSA) is 64.7 Å². The Morgan fingerprint density at radius 1 is 1.19 bits per heavy atom. The van der Waals surface area contributed by atoms with E-state index >= 15 is 0 Å². The third-order valence-corrected chi connectivity index (χ3v) is 4.15. The number of carbonyl (C=O) groups is 1. The van der Waals surface area contributed by atoms with Crippen molar-refractivity contribution in [3.8, 4) is 0 Å². The number of hydrogen-bond acceptors (Lipinski definition) is 3. The Morgan fingerprint density at radius 3 is 2.56 bits per heavy atom. The fourth-order valence-electron chi connectivity index (χ4n) is 2.76. The van der Waals surface area contributed by atoms with Gasteiger partial charge in [-0.15, -0.1) is 0 Å². The lowest BCUT2D eigenvalue weighted by Gasteiger charge is -2.10. The number of carbonyl (C=O) groups excluding carboxylic acids is 1. The van der Waals surface area contributed by atoms with Crippen LogP contribution in [0.3, 0.4) is 0 Å². The second kappa shape index (κ2) is 6.90. The van der Waals surface area contributed by atoms with E-state index in [0.717, 1.165) is 12.1 Å². The zero-order valence-electron chi connectivity index (χ0n) is 15.0. The van der Waals surface area contributed by atoms with Crippen LogP contribution in [0.25, 0.3) is 0 Å². The maximum absolute atomic E-state index is 12.9. The Bertz CT molecular complexity index is 987. The minimum Gasteiger partial charge on any atom is -0.317 e. The van der Waals surface area contributed by atoms with E-state index in [-0.39, 0.29) is 18.1 Å². The molecule has 9 heteroatoms. The van der Waals surface area contributed by atoms with Gasteiger partial charge in [-0.05, 0) is 37.6 Å². The minimum atomic E-state index is -4.40. The van der Waals surface area contributed by atoms with Crippen molar-refractivity contribution >= 4 is 11.6 Å². The molecule has 2 aromatic heterocycles. The van der Waals surface area contributed by atoms with Gasteiger partial charge in [-0.25, -0.2) is 0 Å². The van der Waals surface area contributed by atoms with Crippen LogP contribution in [-0.4, -0.2) is 25.5 Å². The Balaban J connectivity index is 1.83. The summed E-state index contributed by atoms with van der Waals surface area (Å²) >= 11 is 0. The molecule has 0 spiro atoms. The summed E-state index contributed by atoms with van der Waals surface area (Å²) in [5.74, 6) is -0.375. The molecule has 0 saturated heterocycles. The number of alkyl halides is 3. The minimum absolute atomic E-state index is 0.163. The highest BCUT2D eigenvalue weighted by Gasteiger charge is 2.30. The smallest absolute Gasteiger partial charge is 0.317 e. The first-order valence-corrected chi connectivity index (χ1v) is 8.16. The Kier molecular flexibility index (Phi) is 4.77. The SMILES string of the molecule is Cc1nn(Cc2cccc(C(F)(F)F)c2)c(C)c1NC(=O)c1ccn(C)n1. The molecule has 0 saturated carbocycles. The molecule has 6 nitrogen and oxygen atoms in total. The molecule has 0 fully saturated rings. The molecule has 0 bridgehead atoms. The van der Waals surface area contributed by atoms with Crippen molar-refractivity contribution in [1.29, 1.82) is 0 Å². The molecule has 3 aromatic rings. The van der Waals surface area contributed by atoms with Crippen LogP contribution in [0.1, 0.15) is 33.0 Å². The van der Waals surface area contributed by atoms with Gasteiger partial charge in [0.05, 0.1) is 29.2 Å². The van der Waals surface area contributed by atoms with Crippen molar-refractivity contribution in [3.05, 3.63) is 64.7 Å². The maximum Gasteiger partial charge on any atom is 0.416 e. The van der Waals surface area contributed by atoms with Gasteiger partial charge in [0.2, 0.25) is 0 Å². The standard InChI is InChI=1S/C18H18F3N5O/c1-11-16(22-17(27)15-7-8-25(3)24-15)12(2)26(23-11)10-13-5-4-6-14(9-13)18(19,20)21/h4-9H,10H2,1-3H3,(H,22,27). The van der Waals surface area contributed by atoms with Gasteiger partial charge in [0.25, 0.3) is 5.91 Å². The Hall–Kier alpha value is -3.10. The number of anilines is 1. The molecule has 0 aliphatic carbocycles. The summed E-state index contributed by atoms with van der Waals surface area (Å²) in [5, 5.41) is 11.2. The van der Waals surface area contributed by atoms with Crippen LogP contribution in [0.4, 0.5) is 18.9 Å². The van der Waals surface area contributed by atoms with Crippen molar-refractivity contribution in [2.75, 3.05) is 5.32 Å². The van der Waals surface area contributed by atoms with Gasteiger partial charge in [-0.2, -0.15) is 23.4 Å². The fourth-order valence-corrected chi connectivity index (χ4v) is 2.76. The predicted octanol–water partition coefficient (Wildman–Crippen LogP) is 3.55. The summed E-state index contributed by atoms with van der Waals surface area (Å²) in [6, 6.07) is 6.70. The molecular weight excluding hydrogens is 359 g/mol. The van der Waals surface area contributed by atoms with Crippen LogP contribution in [0.5, 0.6) is 0 Å². The molecule has 0 radical (unpaired) electrons. The van der Waals surface area contributed by atoms with Crippen molar-refractivity contribution in [2.45, 2.75) is 26.6 Å². The van der Waals surface area contributed by atoms with Crippen LogP contribution in [-0.2, 0) is 19.8 Å². The van der Waals surface area contributed by atoms with Crippen LogP contribution in [0, 0.1) is 13.8 Å². The highest BCUT2D eigenvalue weighted by molar-refractivity contribution is 6.03. The van der Waals surface area contributed by atoms with Crippen LogP contribution < -0.4 is 5.32 Å². The molecule has 0 atom stereocenters. The van der Waals surface area contributed by atoms with E-state index in [1.165, 1.54) is 10.7 Å². The van der Waals surface area contributed by atoms with Gasteiger partial charge in [-0.3, -0.25) is 14.2 Å². The van der Waals surface area contributed by atoms with E-state index in [2.05, 4.69) is 15.5 Å². The van der Waals surface area contributed by atoms with Gasteiger partial charge in [-0.1, -0.05) is 12.1 Å². The first kappa shape index (κ1) is 18.7. The van der Waals surface area contributed by atoms with Crippen molar-refractivity contribution < 1.29 is 18.0 Å². The van der Waals surface area contributed by atoms with E-state index in [1.807, 2.05) is 0 Å². The highest BCUT2D eigenvalue weighted by Crippen LogP contribution is 2.30. The summed E-state index contributed by atoms with van der Waals surface area (Å²) in [4.78, 5) is 12.3. The van der Waals surface area contributed by atoms with Crippen LogP contribution >= 0.6 is 0 Å². The number of amides is 1. The predicted molar refractivity (Wildman–Crippen MR) is 93.4 cm³/mol. The Labute approximate surface area is 153 Å².